The first-order valence-corrected chi connectivity index (χ1v) is 6.34. The maximum Gasteiger partial charge on any atom is 0.307 e. The van der Waals surface area contributed by atoms with Gasteiger partial charge in [0.1, 0.15) is 0 Å². The van der Waals surface area contributed by atoms with E-state index >= 15 is 0 Å². The summed E-state index contributed by atoms with van der Waals surface area (Å²) in [6.07, 6.45) is 5.11. The van der Waals surface area contributed by atoms with Crippen molar-refractivity contribution in [1.29, 1.82) is 5.26 Å². The Hall–Kier alpha value is -1.82. The third kappa shape index (κ3) is 2.89. The van der Waals surface area contributed by atoms with Gasteiger partial charge in [-0.1, -0.05) is 37.1 Å². The van der Waals surface area contributed by atoms with Gasteiger partial charge in [0.2, 0.25) is 0 Å². The lowest BCUT2D eigenvalue weighted by atomic mass is 9.81. The van der Waals surface area contributed by atoms with E-state index in [0.717, 1.165) is 43.2 Å². The molecule has 0 radical (unpaired) electrons. The summed E-state index contributed by atoms with van der Waals surface area (Å²) in [6.45, 7) is 0. The van der Waals surface area contributed by atoms with Crippen molar-refractivity contribution >= 4 is 5.97 Å². The minimum Gasteiger partial charge on any atom is -0.481 e. The average molecular weight is 243 g/mol. The summed E-state index contributed by atoms with van der Waals surface area (Å²) in [5, 5.41) is 18.0. The maximum atomic E-state index is 10.6. The Morgan fingerprint density at radius 1 is 1.22 bits per heavy atom. The number of carboxylic acids is 1. The number of carbonyl (C=O) groups is 1. The molecule has 3 nitrogen and oxygen atoms in total. The number of benzene rings is 1. The van der Waals surface area contributed by atoms with Crippen LogP contribution in [0.2, 0.25) is 0 Å². The number of rotatable bonds is 4. The van der Waals surface area contributed by atoms with Crippen molar-refractivity contribution in [2.45, 2.75) is 38.5 Å². The van der Waals surface area contributed by atoms with Crippen LogP contribution in [-0.2, 0) is 17.6 Å². The summed E-state index contributed by atoms with van der Waals surface area (Å²) in [4.78, 5) is 10.6. The number of hydrogen-bond donors (Lipinski definition) is 1. The monoisotopic (exact) mass is 243 g/mol. The van der Waals surface area contributed by atoms with Gasteiger partial charge in [0.25, 0.3) is 0 Å². The van der Waals surface area contributed by atoms with Crippen LogP contribution in [0.4, 0.5) is 0 Å². The number of nitriles is 1. The van der Waals surface area contributed by atoms with Gasteiger partial charge in [-0.3, -0.25) is 4.79 Å². The summed E-state index contributed by atoms with van der Waals surface area (Å²) in [6, 6.07) is 10.1. The molecular formula is C15H17NO2. The van der Waals surface area contributed by atoms with E-state index in [0.29, 0.717) is 0 Å². The molecule has 0 aromatic heterocycles. The molecule has 1 aliphatic rings. The summed E-state index contributed by atoms with van der Waals surface area (Å²) in [5.41, 5.74) is 1.75. The van der Waals surface area contributed by atoms with Gasteiger partial charge in [0, 0.05) is 0 Å². The highest BCUT2D eigenvalue weighted by Crippen LogP contribution is 2.40. The molecule has 18 heavy (non-hydrogen) atoms. The zero-order chi connectivity index (χ0) is 13.0. The molecule has 1 aliphatic carbocycles. The summed E-state index contributed by atoms with van der Waals surface area (Å²) >= 11 is 0. The first-order valence-electron chi connectivity index (χ1n) is 6.34. The summed E-state index contributed by atoms with van der Waals surface area (Å²) < 4.78 is 0. The standard InChI is InChI=1S/C15H17NO2/c16-11-15(7-1-2-8-15)10-13-5-3-12(4-6-13)9-14(17)18/h3-6H,1-2,7-10H2,(H,17,18). The quantitative estimate of drug-likeness (QED) is 0.884. The Labute approximate surface area is 107 Å². The second kappa shape index (κ2) is 5.22. The van der Waals surface area contributed by atoms with Crippen LogP contribution < -0.4 is 0 Å². The summed E-state index contributed by atoms with van der Waals surface area (Å²) in [7, 11) is 0. The molecule has 1 fully saturated rings. The van der Waals surface area contributed by atoms with Crippen molar-refractivity contribution in [3.8, 4) is 6.07 Å². The van der Waals surface area contributed by atoms with Crippen molar-refractivity contribution in [2.75, 3.05) is 0 Å². The Morgan fingerprint density at radius 2 is 1.78 bits per heavy atom. The highest BCUT2D eigenvalue weighted by molar-refractivity contribution is 5.70. The van der Waals surface area contributed by atoms with Crippen molar-refractivity contribution in [1.82, 2.24) is 0 Å². The minimum absolute atomic E-state index is 0.0592. The molecule has 1 saturated carbocycles. The Kier molecular flexibility index (Phi) is 3.66. The van der Waals surface area contributed by atoms with E-state index in [1.807, 2.05) is 24.3 Å². The number of hydrogen-bond acceptors (Lipinski definition) is 2. The molecule has 1 N–H and O–H groups in total. The lowest BCUT2D eigenvalue weighted by Gasteiger charge is -2.20. The van der Waals surface area contributed by atoms with Crippen LogP contribution in [-0.4, -0.2) is 11.1 Å². The zero-order valence-electron chi connectivity index (χ0n) is 10.4. The van der Waals surface area contributed by atoms with Gasteiger partial charge in [-0.05, 0) is 30.4 Å². The molecule has 0 aliphatic heterocycles. The molecule has 2 rings (SSSR count). The molecule has 0 bridgehead atoms. The molecule has 0 heterocycles. The second-order valence-corrected chi connectivity index (χ2v) is 5.16. The lowest BCUT2D eigenvalue weighted by Crippen LogP contribution is -2.16. The van der Waals surface area contributed by atoms with Crippen molar-refractivity contribution in [2.24, 2.45) is 5.41 Å². The molecule has 1 aromatic rings. The Balaban J connectivity index is 2.06. The Bertz CT molecular complexity index is 464. The Morgan fingerprint density at radius 3 is 2.28 bits per heavy atom. The van der Waals surface area contributed by atoms with Crippen LogP contribution in [0, 0.1) is 16.7 Å². The van der Waals surface area contributed by atoms with Crippen LogP contribution in [0.15, 0.2) is 24.3 Å². The third-order valence-electron chi connectivity index (χ3n) is 3.72. The second-order valence-electron chi connectivity index (χ2n) is 5.16. The number of nitrogens with zero attached hydrogens (tertiary/aromatic N) is 1. The lowest BCUT2D eigenvalue weighted by molar-refractivity contribution is -0.136. The van der Waals surface area contributed by atoms with E-state index in [4.69, 9.17) is 5.11 Å². The van der Waals surface area contributed by atoms with Crippen molar-refractivity contribution < 1.29 is 9.90 Å². The number of carboxylic acid groups (broad SMARTS) is 1. The average Bonchev–Trinajstić information content (AvgIpc) is 2.80. The van der Waals surface area contributed by atoms with Gasteiger partial charge in [-0.2, -0.15) is 5.26 Å². The molecule has 3 heteroatoms. The van der Waals surface area contributed by atoms with Gasteiger partial charge in [-0.15, -0.1) is 0 Å². The zero-order valence-corrected chi connectivity index (χ0v) is 10.4. The van der Waals surface area contributed by atoms with Crippen LogP contribution >= 0.6 is 0 Å². The molecule has 0 spiro atoms. The van der Waals surface area contributed by atoms with Crippen LogP contribution in [0.3, 0.4) is 0 Å². The van der Waals surface area contributed by atoms with Gasteiger partial charge in [-0.25, -0.2) is 0 Å². The fourth-order valence-corrected chi connectivity index (χ4v) is 2.72. The van der Waals surface area contributed by atoms with Crippen molar-refractivity contribution in [3.05, 3.63) is 35.4 Å². The predicted octanol–water partition coefficient (Wildman–Crippen LogP) is 2.94. The van der Waals surface area contributed by atoms with Gasteiger partial charge >= 0.3 is 5.97 Å². The predicted molar refractivity (Wildman–Crippen MR) is 68.0 cm³/mol. The fourth-order valence-electron chi connectivity index (χ4n) is 2.72. The van der Waals surface area contributed by atoms with E-state index in [1.165, 1.54) is 0 Å². The van der Waals surface area contributed by atoms with Gasteiger partial charge in [0.15, 0.2) is 0 Å². The van der Waals surface area contributed by atoms with E-state index in [9.17, 15) is 10.1 Å². The van der Waals surface area contributed by atoms with Gasteiger partial charge in [0.05, 0.1) is 17.9 Å². The summed E-state index contributed by atoms with van der Waals surface area (Å²) in [5.74, 6) is -0.813. The number of aliphatic carboxylic acids is 1. The SMILES string of the molecule is N#CC1(Cc2ccc(CC(=O)O)cc2)CCCC1. The fraction of sp³-hybridized carbons (Fsp3) is 0.467. The van der Waals surface area contributed by atoms with E-state index in [1.54, 1.807) is 0 Å². The molecule has 94 valence electrons. The molecular weight excluding hydrogens is 226 g/mol. The first-order chi connectivity index (χ1) is 8.63. The normalized spacial score (nSPS) is 17.3. The largest absolute Gasteiger partial charge is 0.481 e. The maximum absolute atomic E-state index is 10.6. The molecule has 0 amide bonds. The third-order valence-corrected chi connectivity index (χ3v) is 3.72. The molecule has 0 unspecified atom stereocenters. The van der Waals surface area contributed by atoms with Crippen LogP contribution in [0.1, 0.15) is 36.8 Å². The van der Waals surface area contributed by atoms with Crippen LogP contribution in [0.25, 0.3) is 0 Å². The smallest absolute Gasteiger partial charge is 0.307 e. The van der Waals surface area contributed by atoms with Crippen LogP contribution in [0.5, 0.6) is 0 Å². The highest BCUT2D eigenvalue weighted by Gasteiger charge is 2.33. The van der Waals surface area contributed by atoms with Gasteiger partial charge < -0.3 is 5.11 Å². The highest BCUT2D eigenvalue weighted by atomic mass is 16.4. The molecule has 0 saturated heterocycles. The van der Waals surface area contributed by atoms with E-state index in [2.05, 4.69) is 6.07 Å². The van der Waals surface area contributed by atoms with Crippen molar-refractivity contribution in [3.63, 3.8) is 0 Å². The minimum atomic E-state index is -0.813. The van der Waals surface area contributed by atoms with E-state index < -0.39 is 5.97 Å². The molecule has 1 aromatic carbocycles. The first kappa shape index (κ1) is 12.6. The van der Waals surface area contributed by atoms with E-state index in [-0.39, 0.29) is 11.8 Å². The molecule has 0 atom stereocenters. The topological polar surface area (TPSA) is 61.1 Å².